The van der Waals surface area contributed by atoms with Gasteiger partial charge in [-0.05, 0) is 43.2 Å². The Labute approximate surface area is 160 Å². The van der Waals surface area contributed by atoms with Crippen LogP contribution in [0.3, 0.4) is 0 Å². The van der Waals surface area contributed by atoms with Crippen molar-refractivity contribution < 1.29 is 22.7 Å². The van der Waals surface area contributed by atoms with E-state index in [1.807, 2.05) is 32.0 Å². The molecular weight excluding hydrogens is 368 g/mol. The smallest absolute Gasteiger partial charge is 0.247 e. The van der Waals surface area contributed by atoms with Crippen molar-refractivity contribution in [1.82, 2.24) is 4.31 Å². The topological polar surface area (TPSA) is 84.9 Å². The monoisotopic (exact) mass is 392 g/mol. The maximum atomic E-state index is 12.9. The van der Waals surface area contributed by atoms with Gasteiger partial charge in [0.2, 0.25) is 15.9 Å². The van der Waals surface area contributed by atoms with Crippen molar-refractivity contribution in [2.75, 3.05) is 33.1 Å². The Balaban J connectivity index is 2.22. The molecule has 1 amide bonds. The minimum atomic E-state index is -3.95. The zero-order chi connectivity index (χ0) is 20.2. The number of carbonyl (C=O) groups is 1. The lowest BCUT2D eigenvalue weighted by atomic mass is 10.1. The molecule has 0 fully saturated rings. The normalized spacial score (nSPS) is 11.3. The highest BCUT2D eigenvalue weighted by Crippen LogP contribution is 2.30. The summed E-state index contributed by atoms with van der Waals surface area (Å²) in [4.78, 5) is 12.3. The first-order chi connectivity index (χ1) is 12.7. The first-order valence-electron chi connectivity index (χ1n) is 8.24. The second-order valence-corrected chi connectivity index (χ2v) is 8.16. The fourth-order valence-corrected chi connectivity index (χ4v) is 3.79. The number of hydrogen-bond donors (Lipinski definition) is 1. The van der Waals surface area contributed by atoms with Gasteiger partial charge < -0.3 is 14.8 Å². The summed E-state index contributed by atoms with van der Waals surface area (Å²) in [6.45, 7) is 3.45. The number of likely N-dealkylation sites (N-methyl/N-ethyl adjacent to an activating group) is 1. The molecule has 27 heavy (non-hydrogen) atoms. The van der Waals surface area contributed by atoms with Gasteiger partial charge in [-0.1, -0.05) is 12.1 Å². The van der Waals surface area contributed by atoms with Gasteiger partial charge in [-0.15, -0.1) is 0 Å². The van der Waals surface area contributed by atoms with Crippen LogP contribution >= 0.6 is 0 Å². The summed E-state index contributed by atoms with van der Waals surface area (Å²) >= 11 is 0. The van der Waals surface area contributed by atoms with Crippen LogP contribution in [0.15, 0.2) is 41.3 Å². The number of nitrogens with zero attached hydrogens (tertiary/aromatic N) is 1. The number of hydrogen-bond acceptors (Lipinski definition) is 5. The van der Waals surface area contributed by atoms with E-state index in [9.17, 15) is 13.2 Å². The largest absolute Gasteiger partial charge is 0.497 e. The van der Waals surface area contributed by atoms with Crippen LogP contribution in [-0.2, 0) is 14.8 Å². The first kappa shape index (κ1) is 20.7. The Morgan fingerprint density at radius 2 is 1.78 bits per heavy atom. The standard InChI is InChI=1S/C19H24N2O5S/c1-13-6-7-14(2)16(10-13)20-19(22)12-21(3)27(23,24)18-11-15(25-4)8-9-17(18)26-5/h6-11H,12H2,1-5H3,(H,20,22). The molecule has 0 saturated heterocycles. The van der Waals surface area contributed by atoms with E-state index in [4.69, 9.17) is 9.47 Å². The predicted molar refractivity (Wildman–Crippen MR) is 104 cm³/mol. The van der Waals surface area contributed by atoms with E-state index >= 15 is 0 Å². The second-order valence-electron chi connectivity index (χ2n) is 6.14. The van der Waals surface area contributed by atoms with E-state index in [2.05, 4.69) is 5.32 Å². The first-order valence-corrected chi connectivity index (χ1v) is 9.68. The lowest BCUT2D eigenvalue weighted by molar-refractivity contribution is -0.116. The molecule has 7 nitrogen and oxygen atoms in total. The van der Waals surface area contributed by atoms with Crippen LogP contribution in [0.5, 0.6) is 11.5 Å². The van der Waals surface area contributed by atoms with Gasteiger partial charge in [-0.3, -0.25) is 4.79 Å². The molecule has 2 aromatic rings. The number of ether oxygens (including phenoxy) is 2. The molecule has 0 radical (unpaired) electrons. The van der Waals surface area contributed by atoms with E-state index in [-0.39, 0.29) is 17.2 Å². The van der Waals surface area contributed by atoms with Gasteiger partial charge in [-0.2, -0.15) is 4.31 Å². The Kier molecular flexibility index (Phi) is 6.45. The molecule has 146 valence electrons. The summed E-state index contributed by atoms with van der Waals surface area (Å²) in [6.07, 6.45) is 0. The van der Waals surface area contributed by atoms with Gasteiger partial charge in [-0.25, -0.2) is 8.42 Å². The van der Waals surface area contributed by atoms with E-state index in [0.717, 1.165) is 15.4 Å². The van der Waals surface area contributed by atoms with Crippen molar-refractivity contribution >= 4 is 21.6 Å². The summed E-state index contributed by atoms with van der Waals surface area (Å²) in [5.41, 5.74) is 2.55. The van der Waals surface area contributed by atoms with Crippen molar-refractivity contribution in [3.63, 3.8) is 0 Å². The highest BCUT2D eigenvalue weighted by molar-refractivity contribution is 7.89. The quantitative estimate of drug-likeness (QED) is 0.783. The molecule has 2 rings (SSSR count). The molecule has 2 aromatic carbocycles. The van der Waals surface area contributed by atoms with Gasteiger partial charge in [0, 0.05) is 18.8 Å². The highest BCUT2D eigenvalue weighted by atomic mass is 32.2. The van der Waals surface area contributed by atoms with Crippen LogP contribution in [0, 0.1) is 13.8 Å². The molecule has 0 bridgehead atoms. The third kappa shape index (κ3) is 4.78. The number of benzene rings is 2. The number of sulfonamides is 1. The molecule has 0 aliphatic carbocycles. The Hall–Kier alpha value is -2.58. The van der Waals surface area contributed by atoms with Crippen molar-refractivity contribution in [2.45, 2.75) is 18.7 Å². The van der Waals surface area contributed by atoms with Crippen LogP contribution < -0.4 is 14.8 Å². The van der Waals surface area contributed by atoms with Crippen LogP contribution in [0.2, 0.25) is 0 Å². The zero-order valence-electron chi connectivity index (χ0n) is 16.1. The number of methoxy groups -OCH3 is 2. The zero-order valence-corrected chi connectivity index (χ0v) is 16.9. The number of amides is 1. The average molecular weight is 392 g/mol. The molecule has 1 N–H and O–H groups in total. The summed E-state index contributed by atoms with van der Waals surface area (Å²) in [5.74, 6) is 0.122. The van der Waals surface area contributed by atoms with Gasteiger partial charge in [0.1, 0.15) is 16.4 Å². The molecule has 8 heteroatoms. The lowest BCUT2D eigenvalue weighted by Crippen LogP contribution is -2.35. The minimum absolute atomic E-state index is 0.0635. The number of anilines is 1. The van der Waals surface area contributed by atoms with Crippen molar-refractivity contribution in [3.8, 4) is 11.5 Å². The van der Waals surface area contributed by atoms with Gasteiger partial charge in [0.25, 0.3) is 0 Å². The molecule has 0 aromatic heterocycles. The summed E-state index contributed by atoms with van der Waals surface area (Å²) in [5, 5.41) is 2.76. The van der Waals surface area contributed by atoms with Crippen LogP contribution in [0.25, 0.3) is 0 Å². The number of rotatable bonds is 7. The van der Waals surface area contributed by atoms with Crippen molar-refractivity contribution in [2.24, 2.45) is 0 Å². The maximum Gasteiger partial charge on any atom is 0.247 e. The van der Waals surface area contributed by atoms with Crippen molar-refractivity contribution in [1.29, 1.82) is 0 Å². The molecule has 0 unspecified atom stereocenters. The molecule has 0 spiro atoms. The number of aryl methyl sites for hydroxylation is 2. The molecular formula is C19H24N2O5S. The Morgan fingerprint density at radius 3 is 2.41 bits per heavy atom. The molecule has 0 aliphatic rings. The van der Waals surface area contributed by atoms with Crippen LogP contribution in [-0.4, -0.2) is 46.4 Å². The van der Waals surface area contributed by atoms with E-state index in [1.54, 1.807) is 6.07 Å². The SMILES string of the molecule is COc1ccc(OC)c(S(=O)(=O)N(C)CC(=O)Nc2cc(C)ccc2C)c1. The number of carbonyl (C=O) groups excluding carboxylic acids is 1. The van der Waals surface area contributed by atoms with Gasteiger partial charge in [0.05, 0.1) is 20.8 Å². The van der Waals surface area contributed by atoms with Crippen LogP contribution in [0.4, 0.5) is 5.69 Å². The maximum absolute atomic E-state index is 12.9. The molecule has 0 heterocycles. The van der Waals surface area contributed by atoms with E-state index in [1.165, 1.54) is 33.4 Å². The highest BCUT2D eigenvalue weighted by Gasteiger charge is 2.27. The Morgan fingerprint density at radius 1 is 1.07 bits per heavy atom. The molecule has 0 aliphatic heterocycles. The van der Waals surface area contributed by atoms with Crippen molar-refractivity contribution in [3.05, 3.63) is 47.5 Å². The predicted octanol–water partition coefficient (Wildman–Crippen LogP) is 2.58. The average Bonchev–Trinajstić information content (AvgIpc) is 2.63. The third-order valence-corrected chi connectivity index (χ3v) is 5.92. The van der Waals surface area contributed by atoms with Crippen LogP contribution in [0.1, 0.15) is 11.1 Å². The summed E-state index contributed by atoms with van der Waals surface area (Å²) < 4.78 is 37.0. The fraction of sp³-hybridized carbons (Fsp3) is 0.316. The second kappa shape index (κ2) is 8.41. The fourth-order valence-electron chi connectivity index (χ4n) is 2.50. The van der Waals surface area contributed by atoms with E-state index in [0.29, 0.717) is 11.4 Å². The summed E-state index contributed by atoms with van der Waals surface area (Å²) in [6, 6.07) is 10.2. The molecule has 0 saturated carbocycles. The third-order valence-electron chi connectivity index (χ3n) is 4.09. The molecule has 0 atom stereocenters. The van der Waals surface area contributed by atoms with Gasteiger partial charge in [0.15, 0.2) is 0 Å². The minimum Gasteiger partial charge on any atom is -0.497 e. The Bertz CT molecular complexity index is 941. The lowest BCUT2D eigenvalue weighted by Gasteiger charge is -2.19. The van der Waals surface area contributed by atoms with E-state index < -0.39 is 15.9 Å². The van der Waals surface area contributed by atoms with Gasteiger partial charge >= 0.3 is 0 Å². The summed E-state index contributed by atoms with van der Waals surface area (Å²) in [7, 11) is 0.219. The number of nitrogens with one attached hydrogen (secondary N) is 1.